The van der Waals surface area contributed by atoms with Crippen LogP contribution in [0.25, 0.3) is 38.9 Å². The summed E-state index contributed by atoms with van der Waals surface area (Å²) in [6, 6.07) is 47.6. The Morgan fingerprint density at radius 3 is 2.06 bits per heavy atom. The second-order valence-corrected chi connectivity index (χ2v) is 13.6. The monoisotopic (exact) mass is 650 g/mol. The maximum absolute atomic E-state index is 6.89. The fourth-order valence-electron chi connectivity index (χ4n) is 6.82. The van der Waals surface area contributed by atoms with E-state index in [1.807, 2.05) is 73.1 Å². The molecule has 0 atom stereocenters. The number of hydrogen-bond acceptors (Lipinski definition) is 5. The number of pyridine rings is 2. The molecule has 0 fully saturated rings. The van der Waals surface area contributed by atoms with Crippen LogP contribution in [0.2, 0.25) is 0 Å². The lowest BCUT2D eigenvalue weighted by Gasteiger charge is -2.28. The Bertz CT molecular complexity index is 2550. The second kappa shape index (κ2) is 11.6. The summed E-state index contributed by atoms with van der Waals surface area (Å²) < 4.78 is 15.8. The normalized spacial score (nSPS) is 12.6. The van der Waals surface area contributed by atoms with Crippen molar-refractivity contribution in [3.05, 3.63) is 157 Å². The maximum atomic E-state index is 6.89. The van der Waals surface area contributed by atoms with Crippen molar-refractivity contribution in [3.8, 4) is 40.1 Å². The van der Waals surface area contributed by atoms with E-state index in [1.165, 1.54) is 5.56 Å². The minimum atomic E-state index is -0.0373. The Labute approximate surface area is 290 Å². The molecule has 5 aromatic carbocycles. The van der Waals surface area contributed by atoms with Crippen molar-refractivity contribution in [1.29, 1.82) is 0 Å². The first-order valence-corrected chi connectivity index (χ1v) is 16.8. The van der Waals surface area contributed by atoms with Gasteiger partial charge in [-0.2, -0.15) is 0 Å². The van der Waals surface area contributed by atoms with Crippen LogP contribution >= 0.6 is 0 Å². The molecular weight excluding hydrogens is 617 g/mol. The third-order valence-electron chi connectivity index (χ3n) is 9.29. The molecule has 0 saturated heterocycles. The summed E-state index contributed by atoms with van der Waals surface area (Å²) in [6.07, 6.45) is 3.74. The van der Waals surface area contributed by atoms with Crippen LogP contribution in [0.1, 0.15) is 26.3 Å². The Balaban J connectivity index is 1.38. The average molecular weight is 651 g/mol. The van der Waals surface area contributed by atoms with Gasteiger partial charge in [-0.25, -0.2) is 4.98 Å². The van der Waals surface area contributed by atoms with Crippen LogP contribution in [0.3, 0.4) is 0 Å². The highest BCUT2D eigenvalue weighted by atomic mass is 16.5. The van der Waals surface area contributed by atoms with Gasteiger partial charge in [0, 0.05) is 34.4 Å². The Hall–Kier alpha value is -6.40. The van der Waals surface area contributed by atoms with Crippen molar-refractivity contribution < 1.29 is 9.47 Å². The summed E-state index contributed by atoms with van der Waals surface area (Å²) in [5.74, 6) is 3.55. The van der Waals surface area contributed by atoms with Gasteiger partial charge >= 0.3 is 0 Å². The first-order valence-electron chi connectivity index (χ1n) is 16.8. The number of ether oxygens (including phenoxy) is 2. The number of fused-ring (bicyclic) bond motifs is 6. The summed E-state index contributed by atoms with van der Waals surface area (Å²) >= 11 is 0. The predicted molar refractivity (Wildman–Crippen MR) is 202 cm³/mol. The summed E-state index contributed by atoms with van der Waals surface area (Å²) in [4.78, 5) is 11.8. The molecular formula is C44H34N4O2. The quantitative estimate of drug-likeness (QED) is 0.190. The summed E-state index contributed by atoms with van der Waals surface area (Å²) in [6.45, 7) is 6.69. The van der Waals surface area contributed by atoms with Gasteiger partial charge in [0.25, 0.3) is 0 Å². The SMILES string of the molecule is CC(C)(C)c1ccnc(-n2c3ccccc3c3cc4c(cc32)N(c2cccc(-c3ccccn3)c2)c2ccccc2Oc2ccccc2O4)c1. The van der Waals surface area contributed by atoms with Crippen molar-refractivity contribution in [3.63, 3.8) is 0 Å². The molecule has 0 radical (unpaired) electrons. The molecule has 8 aromatic rings. The molecule has 0 saturated carbocycles. The fourth-order valence-corrected chi connectivity index (χ4v) is 6.82. The number of anilines is 3. The minimum absolute atomic E-state index is 0.0373. The van der Waals surface area contributed by atoms with Crippen LogP contribution in [-0.4, -0.2) is 14.5 Å². The zero-order valence-electron chi connectivity index (χ0n) is 28.0. The third kappa shape index (κ3) is 5.04. The van der Waals surface area contributed by atoms with Crippen LogP contribution < -0.4 is 14.4 Å². The Morgan fingerprint density at radius 2 is 1.26 bits per heavy atom. The predicted octanol–water partition coefficient (Wildman–Crippen LogP) is 11.9. The topological polar surface area (TPSA) is 52.4 Å². The van der Waals surface area contributed by atoms with Crippen LogP contribution in [0.5, 0.6) is 23.0 Å². The molecule has 0 spiro atoms. The molecule has 242 valence electrons. The van der Waals surface area contributed by atoms with E-state index in [2.05, 4.69) is 114 Å². The molecule has 6 heteroatoms. The largest absolute Gasteiger partial charge is 0.451 e. The highest BCUT2D eigenvalue weighted by Gasteiger charge is 2.27. The summed E-state index contributed by atoms with van der Waals surface area (Å²) in [5.41, 5.74) is 7.85. The first-order chi connectivity index (χ1) is 24.4. The molecule has 50 heavy (non-hydrogen) atoms. The number of aromatic nitrogens is 3. The van der Waals surface area contributed by atoms with E-state index in [0.29, 0.717) is 23.0 Å². The smallest absolute Gasteiger partial charge is 0.170 e. The molecule has 1 aliphatic rings. The van der Waals surface area contributed by atoms with E-state index < -0.39 is 0 Å². The lowest BCUT2D eigenvalue weighted by molar-refractivity contribution is 0.423. The number of benzene rings is 5. The molecule has 0 unspecified atom stereocenters. The van der Waals surface area contributed by atoms with Gasteiger partial charge in [0.2, 0.25) is 0 Å². The first kappa shape index (κ1) is 29.7. The molecule has 9 rings (SSSR count). The maximum Gasteiger partial charge on any atom is 0.170 e. The van der Waals surface area contributed by atoms with Gasteiger partial charge in [-0.15, -0.1) is 0 Å². The highest BCUT2D eigenvalue weighted by Crippen LogP contribution is 2.52. The number of hydrogen-bond donors (Lipinski definition) is 0. The Morgan fingerprint density at radius 1 is 0.520 bits per heavy atom. The van der Waals surface area contributed by atoms with Gasteiger partial charge in [-0.05, 0) is 89.8 Å². The van der Waals surface area contributed by atoms with E-state index in [1.54, 1.807) is 0 Å². The number of rotatable bonds is 3. The molecule has 0 amide bonds. The fraction of sp³-hybridized carbons (Fsp3) is 0.0909. The standard InChI is InChI=1S/C44H34N4O2/c1-44(2,3)30-22-24-46-43(26-30)48-35-17-5-4-15-32(35)33-27-42-38(28-37(33)48)47(31-14-12-13-29(25-31)34-16-10-11-23-45-34)36-18-6-7-19-39(36)49-40-20-8-9-21-41(40)50-42/h4-28H,1-3H3. The Kier molecular flexibility index (Phi) is 6.92. The van der Waals surface area contributed by atoms with E-state index in [9.17, 15) is 0 Å². The minimum Gasteiger partial charge on any atom is -0.451 e. The van der Waals surface area contributed by atoms with Crippen LogP contribution in [-0.2, 0) is 5.41 Å². The third-order valence-corrected chi connectivity index (χ3v) is 9.29. The number of para-hydroxylation sites is 5. The lowest BCUT2D eigenvalue weighted by Crippen LogP contribution is -2.13. The second-order valence-electron chi connectivity index (χ2n) is 13.6. The van der Waals surface area contributed by atoms with Crippen LogP contribution in [0, 0.1) is 0 Å². The van der Waals surface area contributed by atoms with E-state index in [0.717, 1.165) is 55.9 Å². The van der Waals surface area contributed by atoms with Crippen molar-refractivity contribution in [2.24, 2.45) is 0 Å². The van der Waals surface area contributed by atoms with Gasteiger partial charge in [-0.1, -0.05) is 81.4 Å². The zero-order valence-corrected chi connectivity index (χ0v) is 28.0. The molecule has 0 aliphatic carbocycles. The van der Waals surface area contributed by atoms with Gasteiger partial charge in [-0.3, -0.25) is 9.55 Å². The van der Waals surface area contributed by atoms with E-state index >= 15 is 0 Å². The molecule has 6 nitrogen and oxygen atoms in total. The van der Waals surface area contributed by atoms with E-state index in [-0.39, 0.29) is 5.41 Å². The molecule has 3 aromatic heterocycles. The van der Waals surface area contributed by atoms with Gasteiger partial charge < -0.3 is 14.4 Å². The average Bonchev–Trinajstić information content (AvgIpc) is 3.48. The van der Waals surface area contributed by atoms with Crippen LogP contribution in [0.4, 0.5) is 17.1 Å². The summed E-state index contributed by atoms with van der Waals surface area (Å²) in [7, 11) is 0. The van der Waals surface area contributed by atoms with Crippen molar-refractivity contribution >= 4 is 38.9 Å². The van der Waals surface area contributed by atoms with E-state index in [4.69, 9.17) is 14.5 Å². The molecule has 4 heterocycles. The van der Waals surface area contributed by atoms with Gasteiger partial charge in [0.15, 0.2) is 23.0 Å². The van der Waals surface area contributed by atoms with Crippen LogP contribution in [0.15, 0.2) is 152 Å². The van der Waals surface area contributed by atoms with Gasteiger partial charge in [0.1, 0.15) is 5.82 Å². The summed E-state index contributed by atoms with van der Waals surface area (Å²) in [5, 5.41) is 2.18. The highest BCUT2D eigenvalue weighted by molar-refractivity contribution is 6.11. The molecule has 0 N–H and O–H groups in total. The number of nitrogens with zero attached hydrogens (tertiary/aromatic N) is 4. The van der Waals surface area contributed by atoms with Crippen molar-refractivity contribution in [1.82, 2.24) is 14.5 Å². The molecule has 0 bridgehead atoms. The zero-order chi connectivity index (χ0) is 33.8. The van der Waals surface area contributed by atoms with Crippen molar-refractivity contribution in [2.45, 2.75) is 26.2 Å². The van der Waals surface area contributed by atoms with Crippen molar-refractivity contribution in [2.75, 3.05) is 4.90 Å². The van der Waals surface area contributed by atoms with Gasteiger partial charge in [0.05, 0.1) is 28.1 Å². The lowest BCUT2D eigenvalue weighted by atomic mass is 9.88. The molecule has 1 aliphatic heterocycles.